The van der Waals surface area contributed by atoms with Gasteiger partial charge in [-0.15, -0.1) is 11.3 Å². The van der Waals surface area contributed by atoms with Crippen LogP contribution in [-0.4, -0.2) is 21.8 Å². The molecule has 0 unspecified atom stereocenters. The van der Waals surface area contributed by atoms with Gasteiger partial charge in [-0.3, -0.25) is 14.5 Å². The molecule has 1 atom stereocenters. The smallest absolute Gasteiger partial charge is 0.301 e. The Hall–Kier alpha value is -3.32. The van der Waals surface area contributed by atoms with Crippen molar-refractivity contribution >= 4 is 33.9 Å². The maximum absolute atomic E-state index is 13.5. The predicted octanol–water partition coefficient (Wildman–Crippen LogP) is 4.53. The van der Waals surface area contributed by atoms with Gasteiger partial charge < -0.3 is 5.11 Å². The number of carbonyl (C=O) groups excluding carboxylic acids is 2. The van der Waals surface area contributed by atoms with Crippen molar-refractivity contribution in [3.8, 4) is 0 Å². The number of halogens is 1. The van der Waals surface area contributed by atoms with E-state index in [2.05, 4.69) is 4.98 Å². The van der Waals surface area contributed by atoms with E-state index in [-0.39, 0.29) is 11.3 Å². The van der Waals surface area contributed by atoms with Crippen LogP contribution in [0.5, 0.6) is 0 Å². The first-order valence-corrected chi connectivity index (χ1v) is 9.76. The second-order valence-electron chi connectivity index (χ2n) is 6.72. The number of hydrogen-bond donors (Lipinski definition) is 1. The van der Waals surface area contributed by atoms with Gasteiger partial charge in [0, 0.05) is 10.4 Å². The maximum atomic E-state index is 13.5. The number of amides is 1. The largest absolute Gasteiger partial charge is 0.507 e. The molecule has 29 heavy (non-hydrogen) atoms. The average Bonchev–Trinajstić information content (AvgIpc) is 3.18. The van der Waals surface area contributed by atoms with E-state index in [4.69, 9.17) is 0 Å². The molecule has 1 saturated heterocycles. The number of rotatable bonds is 3. The summed E-state index contributed by atoms with van der Waals surface area (Å²) in [5.74, 6) is -2.28. The Labute approximate surface area is 170 Å². The van der Waals surface area contributed by atoms with Gasteiger partial charge >= 0.3 is 5.91 Å². The fourth-order valence-electron chi connectivity index (χ4n) is 3.30. The van der Waals surface area contributed by atoms with Crippen molar-refractivity contribution in [2.75, 3.05) is 4.90 Å². The van der Waals surface area contributed by atoms with Gasteiger partial charge in [-0.05, 0) is 31.5 Å². The van der Waals surface area contributed by atoms with Crippen LogP contribution in [0.2, 0.25) is 0 Å². The number of ketones is 1. The maximum Gasteiger partial charge on any atom is 0.301 e. The molecule has 0 spiro atoms. The molecule has 2 heterocycles. The summed E-state index contributed by atoms with van der Waals surface area (Å²) in [6, 6.07) is 13.2. The summed E-state index contributed by atoms with van der Waals surface area (Å²) in [4.78, 5) is 32.5. The van der Waals surface area contributed by atoms with Crippen molar-refractivity contribution in [3.63, 3.8) is 0 Å². The zero-order valence-corrected chi connectivity index (χ0v) is 16.5. The molecule has 1 aromatic heterocycles. The monoisotopic (exact) mass is 408 g/mol. The quantitative estimate of drug-likeness (QED) is 0.393. The van der Waals surface area contributed by atoms with Crippen molar-refractivity contribution in [2.24, 2.45) is 0 Å². The Morgan fingerprint density at radius 3 is 2.31 bits per heavy atom. The molecule has 1 N–H and O–H groups in total. The Kier molecular flexibility index (Phi) is 4.76. The van der Waals surface area contributed by atoms with E-state index in [1.165, 1.54) is 40.5 Å². The predicted molar refractivity (Wildman–Crippen MR) is 109 cm³/mol. The lowest BCUT2D eigenvalue weighted by Crippen LogP contribution is -2.29. The lowest BCUT2D eigenvalue weighted by Gasteiger charge is -2.23. The first-order valence-electron chi connectivity index (χ1n) is 8.94. The number of anilines is 1. The zero-order chi connectivity index (χ0) is 20.7. The van der Waals surface area contributed by atoms with Gasteiger partial charge in [0.15, 0.2) is 5.13 Å². The number of aromatic nitrogens is 1. The Balaban J connectivity index is 1.95. The van der Waals surface area contributed by atoms with Gasteiger partial charge in [-0.2, -0.15) is 0 Å². The minimum atomic E-state index is -0.902. The van der Waals surface area contributed by atoms with Crippen molar-refractivity contribution in [2.45, 2.75) is 19.9 Å². The highest BCUT2D eigenvalue weighted by Gasteiger charge is 2.48. The van der Waals surface area contributed by atoms with Crippen molar-refractivity contribution < 1.29 is 19.1 Å². The summed E-state index contributed by atoms with van der Waals surface area (Å²) >= 11 is 1.29. The van der Waals surface area contributed by atoms with Crippen molar-refractivity contribution in [1.29, 1.82) is 0 Å². The number of aliphatic hydroxyl groups is 1. The first kappa shape index (κ1) is 19.0. The number of nitrogens with zero attached hydrogens (tertiary/aromatic N) is 2. The minimum Gasteiger partial charge on any atom is -0.507 e. The molecule has 0 radical (unpaired) electrons. The summed E-state index contributed by atoms with van der Waals surface area (Å²) < 4.78 is 13.5. The molecule has 5 nitrogen and oxygen atoms in total. The van der Waals surface area contributed by atoms with Crippen LogP contribution in [0.1, 0.15) is 27.7 Å². The Bertz CT molecular complexity index is 1120. The Morgan fingerprint density at radius 1 is 1.07 bits per heavy atom. The van der Waals surface area contributed by atoms with Gasteiger partial charge in [0.1, 0.15) is 11.6 Å². The summed E-state index contributed by atoms with van der Waals surface area (Å²) in [6.45, 7) is 3.70. The van der Waals surface area contributed by atoms with Crippen LogP contribution in [0, 0.1) is 19.7 Å². The molecular formula is C22H17FN2O3S. The fourth-order valence-corrected chi connectivity index (χ4v) is 4.24. The molecule has 146 valence electrons. The summed E-state index contributed by atoms with van der Waals surface area (Å²) in [5, 5.41) is 11.3. The third-order valence-electron chi connectivity index (χ3n) is 4.90. The minimum absolute atomic E-state index is 0.0432. The molecule has 1 fully saturated rings. The SMILES string of the molecule is Cc1nc(N2C(=O)C(=O)C(=C(O)c3ccccc3)[C@H]2c2ccc(F)cc2)sc1C. The summed E-state index contributed by atoms with van der Waals surface area (Å²) in [7, 11) is 0. The van der Waals surface area contributed by atoms with Crippen LogP contribution < -0.4 is 4.90 Å². The normalized spacial score (nSPS) is 18.4. The zero-order valence-electron chi connectivity index (χ0n) is 15.7. The van der Waals surface area contributed by atoms with E-state index < -0.39 is 23.5 Å². The number of thiazole rings is 1. The van der Waals surface area contributed by atoms with Crippen LogP contribution in [0.15, 0.2) is 60.2 Å². The highest BCUT2D eigenvalue weighted by atomic mass is 32.1. The topological polar surface area (TPSA) is 70.5 Å². The second-order valence-corrected chi connectivity index (χ2v) is 7.91. The summed E-state index contributed by atoms with van der Waals surface area (Å²) in [5.41, 5.74) is 1.64. The number of hydrogen-bond acceptors (Lipinski definition) is 5. The van der Waals surface area contributed by atoms with Gasteiger partial charge in [0.25, 0.3) is 5.78 Å². The molecule has 4 rings (SSSR count). The van der Waals surface area contributed by atoms with Crippen LogP contribution >= 0.6 is 11.3 Å². The number of aliphatic hydroxyl groups excluding tert-OH is 1. The lowest BCUT2D eigenvalue weighted by atomic mass is 9.95. The van der Waals surface area contributed by atoms with Gasteiger partial charge in [0.2, 0.25) is 0 Å². The third-order valence-corrected chi connectivity index (χ3v) is 5.97. The highest BCUT2D eigenvalue weighted by Crippen LogP contribution is 2.43. The number of carbonyl (C=O) groups is 2. The second kappa shape index (κ2) is 7.25. The van der Waals surface area contributed by atoms with E-state index in [0.717, 1.165) is 10.6 Å². The molecule has 1 amide bonds. The van der Waals surface area contributed by atoms with E-state index >= 15 is 0 Å². The van der Waals surface area contributed by atoms with E-state index in [1.54, 1.807) is 30.3 Å². The molecule has 1 aliphatic heterocycles. The van der Waals surface area contributed by atoms with Gasteiger partial charge in [-0.1, -0.05) is 42.5 Å². The fraction of sp³-hybridized carbons (Fsp3) is 0.136. The van der Waals surface area contributed by atoms with Crippen LogP contribution in [0.4, 0.5) is 9.52 Å². The van der Waals surface area contributed by atoms with Crippen LogP contribution in [-0.2, 0) is 9.59 Å². The Morgan fingerprint density at radius 2 is 1.72 bits per heavy atom. The third kappa shape index (κ3) is 3.23. The van der Waals surface area contributed by atoms with Crippen molar-refractivity contribution in [1.82, 2.24) is 4.98 Å². The molecule has 1 aliphatic rings. The van der Waals surface area contributed by atoms with E-state index in [9.17, 15) is 19.1 Å². The van der Waals surface area contributed by atoms with Crippen LogP contribution in [0.25, 0.3) is 5.76 Å². The molecule has 7 heteroatoms. The van der Waals surface area contributed by atoms with Gasteiger partial charge in [0.05, 0.1) is 17.3 Å². The standard InChI is InChI=1S/C22H17FN2O3S/c1-12-13(2)29-22(24-12)25-18(14-8-10-16(23)11-9-14)17(20(27)21(25)28)19(26)15-6-4-3-5-7-15/h3-11,18,26H,1-2H3/t18-/m1/s1. The molecule has 0 aliphatic carbocycles. The lowest BCUT2D eigenvalue weighted by molar-refractivity contribution is -0.132. The van der Waals surface area contributed by atoms with Gasteiger partial charge in [-0.25, -0.2) is 9.37 Å². The number of Topliss-reactive ketones (excluding diaryl/α,β-unsaturated/α-hetero) is 1. The van der Waals surface area contributed by atoms with Crippen molar-refractivity contribution in [3.05, 3.63) is 87.7 Å². The molecular weight excluding hydrogens is 391 g/mol. The molecule has 3 aromatic rings. The first-order chi connectivity index (χ1) is 13.9. The van der Waals surface area contributed by atoms with E-state index in [0.29, 0.717) is 16.3 Å². The number of benzene rings is 2. The summed E-state index contributed by atoms with van der Waals surface area (Å²) in [6.07, 6.45) is 0. The van der Waals surface area contributed by atoms with E-state index in [1.807, 2.05) is 13.8 Å². The highest BCUT2D eigenvalue weighted by molar-refractivity contribution is 7.16. The molecule has 2 aromatic carbocycles. The number of aryl methyl sites for hydroxylation is 2. The van der Waals surface area contributed by atoms with Crippen LogP contribution in [0.3, 0.4) is 0 Å². The molecule has 0 bridgehead atoms. The molecule has 0 saturated carbocycles. The average molecular weight is 408 g/mol.